The topological polar surface area (TPSA) is 82.8 Å². The Hall–Kier alpha value is -1.85. The molecule has 6 heteroatoms. The highest BCUT2D eigenvalue weighted by atomic mass is 16.4. The molecule has 98 valence electrons. The van der Waals surface area contributed by atoms with Gasteiger partial charge in [0.1, 0.15) is 12.3 Å². The lowest BCUT2D eigenvalue weighted by Crippen LogP contribution is -2.20. The molecule has 0 saturated carbocycles. The van der Waals surface area contributed by atoms with E-state index in [-0.39, 0.29) is 5.41 Å². The normalized spacial score (nSPS) is 12.1. The molecule has 2 aromatic heterocycles. The van der Waals surface area contributed by atoms with E-state index >= 15 is 0 Å². The predicted molar refractivity (Wildman–Crippen MR) is 68.2 cm³/mol. The van der Waals surface area contributed by atoms with Crippen molar-refractivity contribution in [3.63, 3.8) is 0 Å². The Labute approximate surface area is 106 Å². The van der Waals surface area contributed by atoms with Crippen molar-refractivity contribution in [2.75, 3.05) is 5.73 Å². The summed E-state index contributed by atoms with van der Waals surface area (Å²) in [5.74, 6) is 1.92. The molecule has 2 aromatic rings. The van der Waals surface area contributed by atoms with Crippen molar-refractivity contribution in [1.82, 2.24) is 20.0 Å². The molecule has 0 bridgehead atoms. The van der Waals surface area contributed by atoms with Crippen LogP contribution in [0.2, 0.25) is 0 Å². The Morgan fingerprint density at radius 2 is 1.94 bits per heavy atom. The molecule has 2 N–H and O–H groups in total. The van der Waals surface area contributed by atoms with Gasteiger partial charge < -0.3 is 10.2 Å². The van der Waals surface area contributed by atoms with E-state index in [1.807, 2.05) is 13.8 Å². The van der Waals surface area contributed by atoms with E-state index in [9.17, 15) is 0 Å². The van der Waals surface area contributed by atoms with Crippen molar-refractivity contribution in [3.8, 4) is 0 Å². The third-order valence-corrected chi connectivity index (χ3v) is 2.83. The van der Waals surface area contributed by atoms with E-state index in [0.29, 0.717) is 18.3 Å². The molecule has 0 aliphatic carbocycles. The van der Waals surface area contributed by atoms with Crippen LogP contribution in [0.15, 0.2) is 4.42 Å². The first-order valence-electron chi connectivity index (χ1n) is 5.91. The van der Waals surface area contributed by atoms with E-state index < -0.39 is 0 Å². The summed E-state index contributed by atoms with van der Waals surface area (Å²) >= 11 is 0. The largest absolute Gasteiger partial charge is 0.444 e. The number of anilines is 1. The fraction of sp³-hybridized carbons (Fsp3) is 0.583. The molecule has 0 aliphatic rings. The Balaban J connectivity index is 2.35. The van der Waals surface area contributed by atoms with Gasteiger partial charge in [-0.05, 0) is 13.8 Å². The molecule has 6 nitrogen and oxygen atoms in total. The molecule has 0 spiro atoms. The summed E-state index contributed by atoms with van der Waals surface area (Å²) in [6.45, 7) is 10.5. The lowest BCUT2D eigenvalue weighted by Gasteiger charge is -2.19. The van der Waals surface area contributed by atoms with Gasteiger partial charge in [0.25, 0.3) is 0 Å². The number of aromatic nitrogens is 4. The van der Waals surface area contributed by atoms with Crippen molar-refractivity contribution in [2.45, 2.75) is 46.6 Å². The standard InChI is InChI=1S/C12H19N5O/c1-7-8(2)18-9(14-7)6-17-10(12(3,4)5)11(13)15-16-17/h6,13H2,1-5H3. The number of oxazole rings is 1. The number of nitrogen functional groups attached to an aromatic ring is 1. The summed E-state index contributed by atoms with van der Waals surface area (Å²) in [5.41, 5.74) is 7.55. The van der Waals surface area contributed by atoms with Crippen LogP contribution < -0.4 is 5.73 Å². The lowest BCUT2D eigenvalue weighted by atomic mass is 9.92. The zero-order valence-corrected chi connectivity index (χ0v) is 11.5. The molecule has 2 rings (SSSR count). The maximum atomic E-state index is 5.87. The number of hydrogen-bond donors (Lipinski definition) is 1. The van der Waals surface area contributed by atoms with Crippen molar-refractivity contribution < 1.29 is 4.42 Å². The van der Waals surface area contributed by atoms with Crippen LogP contribution in [0, 0.1) is 13.8 Å². The van der Waals surface area contributed by atoms with E-state index in [1.54, 1.807) is 4.68 Å². The highest BCUT2D eigenvalue weighted by molar-refractivity contribution is 5.38. The second-order valence-corrected chi connectivity index (χ2v) is 5.48. The van der Waals surface area contributed by atoms with Crippen LogP contribution >= 0.6 is 0 Å². The first-order valence-corrected chi connectivity index (χ1v) is 5.91. The van der Waals surface area contributed by atoms with Crippen molar-refractivity contribution in [2.24, 2.45) is 0 Å². The summed E-state index contributed by atoms with van der Waals surface area (Å²) in [6.07, 6.45) is 0. The summed E-state index contributed by atoms with van der Waals surface area (Å²) in [7, 11) is 0. The van der Waals surface area contributed by atoms with Gasteiger partial charge in [0, 0.05) is 5.41 Å². The molecule has 0 radical (unpaired) electrons. The molecule has 18 heavy (non-hydrogen) atoms. The number of rotatable bonds is 2. The van der Waals surface area contributed by atoms with Crippen LogP contribution in [0.1, 0.15) is 43.8 Å². The fourth-order valence-corrected chi connectivity index (χ4v) is 1.94. The van der Waals surface area contributed by atoms with Gasteiger partial charge >= 0.3 is 0 Å². The highest BCUT2D eigenvalue weighted by Gasteiger charge is 2.24. The Bertz CT molecular complexity index is 542. The van der Waals surface area contributed by atoms with Crippen LogP contribution in [0.25, 0.3) is 0 Å². The quantitative estimate of drug-likeness (QED) is 0.877. The Kier molecular flexibility index (Phi) is 2.88. The molecule has 0 atom stereocenters. The SMILES string of the molecule is Cc1nc(Cn2nnc(N)c2C(C)(C)C)oc1C. The minimum absolute atomic E-state index is 0.121. The number of nitrogens with two attached hydrogens (primary N) is 1. The third-order valence-electron chi connectivity index (χ3n) is 2.83. The zero-order chi connectivity index (χ0) is 13.5. The molecule has 0 fully saturated rings. The van der Waals surface area contributed by atoms with E-state index in [4.69, 9.17) is 10.2 Å². The van der Waals surface area contributed by atoms with Crippen molar-refractivity contribution in [1.29, 1.82) is 0 Å². The van der Waals surface area contributed by atoms with Gasteiger partial charge in [0.2, 0.25) is 5.89 Å². The zero-order valence-electron chi connectivity index (χ0n) is 11.5. The Morgan fingerprint density at radius 1 is 1.28 bits per heavy atom. The molecular formula is C12H19N5O. The average Bonchev–Trinajstić information content (AvgIpc) is 2.71. The van der Waals surface area contributed by atoms with Crippen LogP contribution in [0.3, 0.4) is 0 Å². The molecule has 0 unspecified atom stereocenters. The van der Waals surface area contributed by atoms with Gasteiger partial charge in [0.15, 0.2) is 5.82 Å². The fourth-order valence-electron chi connectivity index (χ4n) is 1.94. The van der Waals surface area contributed by atoms with Crippen molar-refractivity contribution >= 4 is 5.82 Å². The maximum Gasteiger partial charge on any atom is 0.216 e. The predicted octanol–water partition coefficient (Wildman–Crippen LogP) is 1.81. The summed E-state index contributed by atoms with van der Waals surface area (Å²) in [6, 6.07) is 0. The summed E-state index contributed by atoms with van der Waals surface area (Å²) < 4.78 is 7.30. The van der Waals surface area contributed by atoms with Gasteiger partial charge in [-0.3, -0.25) is 0 Å². The van der Waals surface area contributed by atoms with Crippen LogP contribution in [-0.2, 0) is 12.0 Å². The first kappa shape index (κ1) is 12.6. The van der Waals surface area contributed by atoms with Gasteiger partial charge in [0.05, 0.1) is 11.4 Å². The van der Waals surface area contributed by atoms with Gasteiger partial charge in [-0.2, -0.15) is 0 Å². The number of aryl methyl sites for hydroxylation is 2. The number of nitrogens with zero attached hydrogens (tertiary/aromatic N) is 4. The van der Waals surface area contributed by atoms with E-state index in [1.165, 1.54) is 0 Å². The monoisotopic (exact) mass is 249 g/mol. The van der Waals surface area contributed by atoms with Crippen LogP contribution in [-0.4, -0.2) is 20.0 Å². The third kappa shape index (κ3) is 2.23. The van der Waals surface area contributed by atoms with E-state index in [0.717, 1.165) is 17.1 Å². The highest BCUT2D eigenvalue weighted by Crippen LogP contribution is 2.26. The van der Waals surface area contributed by atoms with Crippen molar-refractivity contribution in [3.05, 3.63) is 23.0 Å². The van der Waals surface area contributed by atoms with Crippen LogP contribution in [0.5, 0.6) is 0 Å². The smallest absolute Gasteiger partial charge is 0.216 e. The summed E-state index contributed by atoms with van der Waals surface area (Å²) in [4.78, 5) is 4.34. The molecule has 0 amide bonds. The van der Waals surface area contributed by atoms with Gasteiger partial charge in [-0.25, -0.2) is 9.67 Å². The second kappa shape index (κ2) is 4.12. The van der Waals surface area contributed by atoms with Gasteiger partial charge in [-0.15, -0.1) is 5.10 Å². The lowest BCUT2D eigenvalue weighted by molar-refractivity contribution is 0.422. The number of hydrogen-bond acceptors (Lipinski definition) is 5. The minimum atomic E-state index is -0.121. The second-order valence-electron chi connectivity index (χ2n) is 5.48. The Morgan fingerprint density at radius 3 is 2.44 bits per heavy atom. The summed E-state index contributed by atoms with van der Waals surface area (Å²) in [5, 5.41) is 7.99. The molecule has 0 aromatic carbocycles. The molecule has 0 aliphatic heterocycles. The van der Waals surface area contributed by atoms with Crippen LogP contribution in [0.4, 0.5) is 5.82 Å². The maximum absolute atomic E-state index is 5.87. The molecular weight excluding hydrogens is 230 g/mol. The van der Waals surface area contributed by atoms with Gasteiger partial charge in [-0.1, -0.05) is 26.0 Å². The molecule has 0 saturated heterocycles. The minimum Gasteiger partial charge on any atom is -0.444 e. The average molecular weight is 249 g/mol. The van der Waals surface area contributed by atoms with E-state index in [2.05, 4.69) is 36.1 Å². The first-order chi connectivity index (χ1) is 8.29. The molecule has 2 heterocycles.